The lowest BCUT2D eigenvalue weighted by Gasteiger charge is -2.08. The lowest BCUT2D eigenvalue weighted by atomic mass is 10.1. The van der Waals surface area contributed by atoms with Crippen LogP contribution in [0, 0.1) is 12.8 Å². The molecule has 0 unspecified atom stereocenters. The fraction of sp³-hybridized carbons (Fsp3) is 0.385. The summed E-state index contributed by atoms with van der Waals surface area (Å²) in [7, 11) is 0. The predicted octanol–water partition coefficient (Wildman–Crippen LogP) is 2.71. The van der Waals surface area contributed by atoms with E-state index in [1.54, 1.807) is 6.07 Å². The van der Waals surface area contributed by atoms with Gasteiger partial charge in [-0.05, 0) is 30.7 Å². The number of halogens is 1. The van der Waals surface area contributed by atoms with Crippen molar-refractivity contribution in [1.29, 1.82) is 0 Å². The highest BCUT2D eigenvalue weighted by Crippen LogP contribution is 2.15. The van der Waals surface area contributed by atoms with Crippen molar-refractivity contribution >= 4 is 27.6 Å². The first-order valence-corrected chi connectivity index (χ1v) is 6.28. The predicted molar refractivity (Wildman–Crippen MR) is 71.1 cm³/mol. The Morgan fingerprint density at radius 1 is 1.35 bits per heavy atom. The minimum Gasteiger partial charge on any atom is -0.345 e. The highest BCUT2D eigenvalue weighted by Gasteiger charge is 2.12. The topological polar surface area (TPSA) is 46.2 Å². The number of hydrogen-bond acceptors (Lipinski definition) is 2. The van der Waals surface area contributed by atoms with E-state index in [1.807, 2.05) is 32.9 Å². The van der Waals surface area contributed by atoms with Crippen molar-refractivity contribution in [2.45, 2.75) is 20.8 Å². The van der Waals surface area contributed by atoms with E-state index < -0.39 is 0 Å². The molecule has 0 radical (unpaired) electrons. The maximum Gasteiger partial charge on any atom is 0.251 e. The molecule has 0 aliphatic carbocycles. The Balaban J connectivity index is 2.68. The summed E-state index contributed by atoms with van der Waals surface area (Å²) in [6.45, 7) is 5.59. The van der Waals surface area contributed by atoms with Crippen molar-refractivity contribution < 1.29 is 9.59 Å². The van der Waals surface area contributed by atoms with Gasteiger partial charge in [0.1, 0.15) is 0 Å². The molecule has 0 heterocycles. The van der Waals surface area contributed by atoms with Crippen molar-refractivity contribution in [1.82, 2.24) is 5.32 Å². The minimum absolute atomic E-state index is 0.0353. The zero-order valence-electron chi connectivity index (χ0n) is 10.2. The van der Waals surface area contributed by atoms with Crippen molar-refractivity contribution in [2.75, 3.05) is 6.54 Å². The Kier molecular flexibility index (Phi) is 4.87. The first-order valence-electron chi connectivity index (χ1n) is 5.49. The molecule has 92 valence electrons. The number of ketones is 1. The second kappa shape index (κ2) is 5.96. The molecule has 1 rings (SSSR count). The Labute approximate surface area is 110 Å². The zero-order valence-corrected chi connectivity index (χ0v) is 11.8. The molecule has 3 nitrogen and oxygen atoms in total. The molecule has 0 atom stereocenters. The standard InChI is InChI=1S/C13H16BrNO2/c1-8(2)12(16)7-15-13(17)11-5-4-10(14)6-9(11)3/h4-6,8H,7H2,1-3H3,(H,15,17). The van der Waals surface area contributed by atoms with E-state index in [0.717, 1.165) is 10.0 Å². The van der Waals surface area contributed by atoms with Gasteiger partial charge in [0, 0.05) is 16.0 Å². The van der Waals surface area contributed by atoms with Crippen molar-refractivity contribution in [2.24, 2.45) is 5.92 Å². The SMILES string of the molecule is Cc1cc(Br)ccc1C(=O)NCC(=O)C(C)C. The molecule has 0 bridgehead atoms. The quantitative estimate of drug-likeness (QED) is 0.929. The Hall–Kier alpha value is -1.16. The van der Waals surface area contributed by atoms with Gasteiger partial charge in [-0.2, -0.15) is 0 Å². The third kappa shape index (κ3) is 3.97. The van der Waals surface area contributed by atoms with Crippen molar-refractivity contribution in [3.63, 3.8) is 0 Å². The van der Waals surface area contributed by atoms with Crippen LogP contribution in [0.25, 0.3) is 0 Å². The second-order valence-electron chi connectivity index (χ2n) is 4.26. The molecule has 17 heavy (non-hydrogen) atoms. The molecule has 1 aromatic carbocycles. The lowest BCUT2D eigenvalue weighted by molar-refractivity contribution is -0.120. The van der Waals surface area contributed by atoms with Crippen LogP contribution in [0.2, 0.25) is 0 Å². The molecule has 1 amide bonds. The van der Waals surface area contributed by atoms with E-state index >= 15 is 0 Å². The first kappa shape index (κ1) is 13.9. The molecule has 1 aromatic rings. The number of hydrogen-bond donors (Lipinski definition) is 1. The van der Waals surface area contributed by atoms with Crippen LogP contribution in [0.3, 0.4) is 0 Å². The van der Waals surface area contributed by atoms with E-state index in [0.29, 0.717) is 5.56 Å². The average Bonchev–Trinajstić information content (AvgIpc) is 2.25. The van der Waals surface area contributed by atoms with E-state index in [4.69, 9.17) is 0 Å². The van der Waals surface area contributed by atoms with Crippen LogP contribution in [-0.4, -0.2) is 18.2 Å². The van der Waals surface area contributed by atoms with E-state index in [-0.39, 0.29) is 24.2 Å². The normalized spacial score (nSPS) is 10.4. The van der Waals surface area contributed by atoms with Gasteiger partial charge in [-0.3, -0.25) is 9.59 Å². The van der Waals surface area contributed by atoms with Gasteiger partial charge in [0.05, 0.1) is 6.54 Å². The van der Waals surface area contributed by atoms with Crippen LogP contribution in [-0.2, 0) is 4.79 Å². The Morgan fingerprint density at radius 2 is 2.00 bits per heavy atom. The molecule has 0 saturated heterocycles. The summed E-state index contributed by atoms with van der Waals surface area (Å²) in [6, 6.07) is 5.43. The minimum atomic E-state index is -0.205. The Morgan fingerprint density at radius 3 is 2.53 bits per heavy atom. The lowest BCUT2D eigenvalue weighted by Crippen LogP contribution is -2.31. The van der Waals surface area contributed by atoms with Gasteiger partial charge in [0.15, 0.2) is 5.78 Å². The van der Waals surface area contributed by atoms with Gasteiger partial charge in [-0.1, -0.05) is 29.8 Å². The fourth-order valence-corrected chi connectivity index (χ4v) is 1.82. The monoisotopic (exact) mass is 297 g/mol. The summed E-state index contributed by atoms with van der Waals surface area (Å²) >= 11 is 3.34. The number of carbonyl (C=O) groups excluding carboxylic acids is 2. The smallest absolute Gasteiger partial charge is 0.251 e. The van der Waals surface area contributed by atoms with Crippen LogP contribution in [0.5, 0.6) is 0 Å². The molecule has 0 aliphatic heterocycles. The summed E-state index contributed by atoms with van der Waals surface area (Å²) in [6.07, 6.45) is 0. The van der Waals surface area contributed by atoms with Gasteiger partial charge in [0.25, 0.3) is 5.91 Å². The number of carbonyl (C=O) groups is 2. The van der Waals surface area contributed by atoms with Gasteiger partial charge < -0.3 is 5.32 Å². The molecule has 4 heteroatoms. The van der Waals surface area contributed by atoms with Crippen LogP contribution in [0.15, 0.2) is 22.7 Å². The average molecular weight is 298 g/mol. The van der Waals surface area contributed by atoms with Gasteiger partial charge in [-0.15, -0.1) is 0 Å². The van der Waals surface area contributed by atoms with E-state index in [2.05, 4.69) is 21.2 Å². The largest absolute Gasteiger partial charge is 0.345 e. The first-order chi connectivity index (χ1) is 7.91. The Bertz CT molecular complexity index is 441. The zero-order chi connectivity index (χ0) is 13.0. The molecule has 0 aromatic heterocycles. The third-order valence-corrected chi connectivity index (χ3v) is 2.99. The maximum absolute atomic E-state index is 11.8. The summed E-state index contributed by atoms with van der Waals surface area (Å²) in [5.41, 5.74) is 1.48. The van der Waals surface area contributed by atoms with Gasteiger partial charge in [-0.25, -0.2) is 0 Å². The summed E-state index contributed by atoms with van der Waals surface area (Å²) in [5, 5.41) is 2.64. The summed E-state index contributed by atoms with van der Waals surface area (Å²) in [4.78, 5) is 23.2. The molecule has 0 saturated carbocycles. The molecule has 0 spiro atoms. The van der Waals surface area contributed by atoms with Crippen molar-refractivity contribution in [3.05, 3.63) is 33.8 Å². The fourth-order valence-electron chi connectivity index (χ4n) is 1.35. The van der Waals surface area contributed by atoms with Crippen LogP contribution < -0.4 is 5.32 Å². The number of aryl methyl sites for hydroxylation is 1. The highest BCUT2D eigenvalue weighted by molar-refractivity contribution is 9.10. The molecule has 0 aliphatic rings. The van der Waals surface area contributed by atoms with E-state index in [1.165, 1.54) is 0 Å². The number of Topliss-reactive ketones (excluding diaryl/α,β-unsaturated/α-hetero) is 1. The summed E-state index contributed by atoms with van der Waals surface area (Å²) < 4.78 is 0.935. The number of amides is 1. The highest BCUT2D eigenvalue weighted by atomic mass is 79.9. The maximum atomic E-state index is 11.8. The number of benzene rings is 1. The number of rotatable bonds is 4. The van der Waals surface area contributed by atoms with Crippen LogP contribution in [0.1, 0.15) is 29.8 Å². The molecule has 0 fully saturated rings. The van der Waals surface area contributed by atoms with Gasteiger partial charge >= 0.3 is 0 Å². The third-order valence-electron chi connectivity index (χ3n) is 2.50. The van der Waals surface area contributed by atoms with Gasteiger partial charge in [0.2, 0.25) is 0 Å². The van der Waals surface area contributed by atoms with E-state index in [9.17, 15) is 9.59 Å². The second-order valence-corrected chi connectivity index (χ2v) is 5.18. The molecular weight excluding hydrogens is 282 g/mol. The molecular formula is C13H16BrNO2. The number of nitrogens with one attached hydrogen (secondary N) is 1. The van der Waals surface area contributed by atoms with Crippen LogP contribution in [0.4, 0.5) is 0 Å². The van der Waals surface area contributed by atoms with Crippen molar-refractivity contribution in [3.8, 4) is 0 Å². The summed E-state index contributed by atoms with van der Waals surface area (Å²) in [5.74, 6) is -0.224. The molecule has 1 N–H and O–H groups in total. The van der Waals surface area contributed by atoms with Crippen LogP contribution >= 0.6 is 15.9 Å².